The molecule has 0 aliphatic carbocycles. The van der Waals surface area contributed by atoms with Gasteiger partial charge in [0.2, 0.25) is 10.0 Å². The zero-order valence-corrected chi connectivity index (χ0v) is 14.3. The molecule has 1 atom stereocenters. The third-order valence-electron chi connectivity index (χ3n) is 3.92. The van der Waals surface area contributed by atoms with E-state index in [2.05, 4.69) is 9.71 Å². The van der Waals surface area contributed by atoms with Gasteiger partial charge in [0.05, 0.1) is 9.82 Å². The van der Waals surface area contributed by atoms with Gasteiger partial charge in [-0.05, 0) is 37.1 Å². The van der Waals surface area contributed by atoms with E-state index in [0.717, 1.165) is 16.5 Å². The third-order valence-corrected chi connectivity index (χ3v) is 5.52. The Bertz CT molecular complexity index is 1010. The Morgan fingerprint density at radius 3 is 2.52 bits per heavy atom. The molecule has 0 fully saturated rings. The van der Waals surface area contributed by atoms with Crippen LogP contribution in [0, 0.1) is 10.1 Å². The van der Waals surface area contributed by atoms with E-state index < -0.39 is 14.9 Å². The molecule has 25 heavy (non-hydrogen) atoms. The number of hydrogen-bond acceptors (Lipinski definition) is 4. The van der Waals surface area contributed by atoms with Gasteiger partial charge >= 0.3 is 0 Å². The van der Waals surface area contributed by atoms with Crippen molar-refractivity contribution in [3.8, 4) is 0 Å². The molecule has 0 aliphatic rings. The quantitative estimate of drug-likeness (QED) is 0.521. The molecule has 0 bridgehead atoms. The third kappa shape index (κ3) is 3.70. The molecule has 130 valence electrons. The van der Waals surface area contributed by atoms with Gasteiger partial charge in [0.1, 0.15) is 0 Å². The van der Waals surface area contributed by atoms with E-state index in [1.165, 1.54) is 24.3 Å². The number of hydrogen-bond donors (Lipinski definition) is 2. The number of aromatic nitrogens is 1. The summed E-state index contributed by atoms with van der Waals surface area (Å²) in [4.78, 5) is 13.3. The summed E-state index contributed by atoms with van der Waals surface area (Å²) in [6, 6.07) is 12.3. The fourth-order valence-corrected chi connectivity index (χ4v) is 4.00. The highest BCUT2D eigenvalue weighted by Crippen LogP contribution is 2.20. The molecule has 0 saturated heterocycles. The van der Waals surface area contributed by atoms with Gasteiger partial charge in [-0.25, -0.2) is 13.1 Å². The predicted octanol–water partition coefficient (Wildman–Crippen LogP) is 2.99. The largest absolute Gasteiger partial charge is 0.361 e. The van der Waals surface area contributed by atoms with Gasteiger partial charge in [0.25, 0.3) is 5.69 Å². The highest BCUT2D eigenvalue weighted by atomic mass is 32.2. The van der Waals surface area contributed by atoms with Crippen molar-refractivity contribution in [3.63, 3.8) is 0 Å². The van der Waals surface area contributed by atoms with E-state index in [9.17, 15) is 18.5 Å². The normalized spacial score (nSPS) is 13.0. The first-order valence-electron chi connectivity index (χ1n) is 7.68. The molecular formula is C17H17N3O4S. The molecule has 1 heterocycles. The van der Waals surface area contributed by atoms with Crippen LogP contribution < -0.4 is 4.72 Å². The van der Waals surface area contributed by atoms with Crippen LogP contribution in [0.2, 0.25) is 0 Å². The highest BCUT2D eigenvalue weighted by molar-refractivity contribution is 7.89. The molecule has 0 aliphatic heterocycles. The van der Waals surface area contributed by atoms with Crippen molar-refractivity contribution >= 4 is 26.6 Å². The zero-order chi connectivity index (χ0) is 18.0. The van der Waals surface area contributed by atoms with Crippen molar-refractivity contribution in [1.29, 1.82) is 0 Å². The highest BCUT2D eigenvalue weighted by Gasteiger charge is 2.19. The van der Waals surface area contributed by atoms with Crippen LogP contribution in [0.25, 0.3) is 10.9 Å². The minimum absolute atomic E-state index is 0.00359. The Kier molecular flexibility index (Phi) is 4.56. The van der Waals surface area contributed by atoms with Gasteiger partial charge in [-0.2, -0.15) is 0 Å². The summed E-state index contributed by atoms with van der Waals surface area (Å²) < 4.78 is 27.5. The van der Waals surface area contributed by atoms with E-state index >= 15 is 0 Å². The fraction of sp³-hybridized carbons (Fsp3) is 0.176. The molecule has 0 spiro atoms. The maximum Gasteiger partial charge on any atom is 0.269 e. The lowest BCUT2D eigenvalue weighted by Gasteiger charge is -2.14. The van der Waals surface area contributed by atoms with E-state index in [0.29, 0.717) is 6.42 Å². The van der Waals surface area contributed by atoms with Crippen molar-refractivity contribution in [2.75, 3.05) is 0 Å². The van der Waals surface area contributed by atoms with Crippen LogP contribution in [0.4, 0.5) is 5.69 Å². The SMILES string of the molecule is CC(Cc1c[nH]c2ccccc12)NS(=O)(=O)c1ccc([N+](=O)[O-])cc1. The van der Waals surface area contributed by atoms with Crippen molar-refractivity contribution in [3.05, 3.63) is 70.4 Å². The lowest BCUT2D eigenvalue weighted by atomic mass is 10.1. The van der Waals surface area contributed by atoms with Gasteiger partial charge in [-0.3, -0.25) is 10.1 Å². The zero-order valence-electron chi connectivity index (χ0n) is 13.5. The van der Waals surface area contributed by atoms with Gasteiger partial charge in [-0.1, -0.05) is 18.2 Å². The summed E-state index contributed by atoms with van der Waals surface area (Å²) in [7, 11) is -3.74. The Balaban J connectivity index is 1.75. The summed E-state index contributed by atoms with van der Waals surface area (Å²) in [6.07, 6.45) is 2.40. The van der Waals surface area contributed by atoms with Crippen LogP contribution in [-0.2, 0) is 16.4 Å². The molecule has 0 amide bonds. The Labute approximate surface area is 144 Å². The number of nitro benzene ring substituents is 1. The lowest BCUT2D eigenvalue weighted by molar-refractivity contribution is -0.384. The number of sulfonamides is 1. The second kappa shape index (κ2) is 6.66. The Morgan fingerprint density at radius 1 is 1.16 bits per heavy atom. The van der Waals surface area contributed by atoms with Crippen molar-refractivity contribution < 1.29 is 13.3 Å². The Morgan fingerprint density at radius 2 is 1.84 bits per heavy atom. The summed E-state index contributed by atoms with van der Waals surface area (Å²) in [5.41, 5.74) is 1.88. The maximum atomic E-state index is 12.4. The molecule has 1 unspecified atom stereocenters. The smallest absolute Gasteiger partial charge is 0.269 e. The molecule has 2 N–H and O–H groups in total. The Hall–Kier alpha value is -2.71. The van der Waals surface area contributed by atoms with E-state index in [1.807, 2.05) is 30.5 Å². The lowest BCUT2D eigenvalue weighted by Crippen LogP contribution is -2.34. The molecule has 7 nitrogen and oxygen atoms in total. The van der Waals surface area contributed by atoms with Crippen LogP contribution in [0.15, 0.2) is 59.6 Å². The van der Waals surface area contributed by atoms with Crippen molar-refractivity contribution in [2.24, 2.45) is 0 Å². The summed E-state index contributed by atoms with van der Waals surface area (Å²) in [5, 5.41) is 11.7. The van der Waals surface area contributed by atoms with Crippen LogP contribution in [0.1, 0.15) is 12.5 Å². The number of para-hydroxylation sites is 1. The molecular weight excluding hydrogens is 342 g/mol. The molecule has 2 aromatic carbocycles. The number of rotatable bonds is 6. The minimum atomic E-state index is -3.74. The number of nitrogens with one attached hydrogen (secondary N) is 2. The van der Waals surface area contributed by atoms with Crippen LogP contribution in [-0.4, -0.2) is 24.4 Å². The molecule has 3 aromatic rings. The monoisotopic (exact) mass is 359 g/mol. The average molecular weight is 359 g/mol. The summed E-state index contributed by atoms with van der Waals surface area (Å²) in [5.74, 6) is 0. The molecule has 8 heteroatoms. The molecule has 0 radical (unpaired) electrons. The summed E-state index contributed by atoms with van der Waals surface area (Å²) >= 11 is 0. The first-order chi connectivity index (χ1) is 11.9. The van der Waals surface area contributed by atoms with Crippen LogP contribution in [0.5, 0.6) is 0 Å². The van der Waals surface area contributed by atoms with Gasteiger partial charge in [0, 0.05) is 35.3 Å². The number of non-ortho nitro benzene ring substituents is 1. The minimum Gasteiger partial charge on any atom is -0.361 e. The van der Waals surface area contributed by atoms with Crippen molar-refractivity contribution in [2.45, 2.75) is 24.3 Å². The maximum absolute atomic E-state index is 12.4. The number of H-pyrrole nitrogens is 1. The second-order valence-electron chi connectivity index (χ2n) is 5.84. The van der Waals surface area contributed by atoms with Crippen LogP contribution in [0.3, 0.4) is 0 Å². The number of benzene rings is 2. The number of nitrogens with zero attached hydrogens (tertiary/aromatic N) is 1. The first kappa shape index (κ1) is 17.1. The number of fused-ring (bicyclic) bond motifs is 1. The van der Waals surface area contributed by atoms with Crippen molar-refractivity contribution in [1.82, 2.24) is 9.71 Å². The standard InChI is InChI=1S/C17H17N3O4S/c1-12(10-13-11-18-17-5-3-2-4-16(13)17)19-25(23,24)15-8-6-14(7-9-15)20(21)22/h2-9,11-12,18-19H,10H2,1H3. The fourth-order valence-electron chi connectivity index (χ4n) is 2.75. The van der Waals surface area contributed by atoms with E-state index in [1.54, 1.807) is 6.92 Å². The topological polar surface area (TPSA) is 105 Å². The predicted molar refractivity (Wildman–Crippen MR) is 94.9 cm³/mol. The van der Waals surface area contributed by atoms with Gasteiger partial charge < -0.3 is 4.98 Å². The van der Waals surface area contributed by atoms with Crippen LogP contribution >= 0.6 is 0 Å². The average Bonchev–Trinajstić information content (AvgIpc) is 2.97. The molecule has 0 saturated carbocycles. The molecule has 3 rings (SSSR count). The number of aromatic amines is 1. The van der Waals surface area contributed by atoms with Gasteiger partial charge in [0.15, 0.2) is 0 Å². The van der Waals surface area contributed by atoms with Gasteiger partial charge in [-0.15, -0.1) is 0 Å². The first-order valence-corrected chi connectivity index (χ1v) is 9.17. The summed E-state index contributed by atoms with van der Waals surface area (Å²) in [6.45, 7) is 1.78. The molecule has 1 aromatic heterocycles. The number of nitro groups is 1. The van der Waals surface area contributed by atoms with E-state index in [4.69, 9.17) is 0 Å². The second-order valence-corrected chi connectivity index (χ2v) is 7.55. The van der Waals surface area contributed by atoms with E-state index in [-0.39, 0.29) is 16.6 Å².